The second-order valence-corrected chi connectivity index (χ2v) is 4.88. The molecular weight excluding hydrogens is 260 g/mol. The van der Waals surface area contributed by atoms with E-state index >= 15 is 0 Å². The number of nitrogens with zero attached hydrogens (tertiary/aromatic N) is 3. The Hall–Kier alpha value is -2.93. The molecule has 0 aliphatic carbocycles. The summed E-state index contributed by atoms with van der Waals surface area (Å²) in [7, 11) is 0. The van der Waals surface area contributed by atoms with Gasteiger partial charge in [-0.25, -0.2) is 0 Å². The normalized spacial score (nSPS) is 11.8. The summed E-state index contributed by atoms with van der Waals surface area (Å²) in [4.78, 5) is 0. The molecule has 0 saturated carbocycles. The summed E-state index contributed by atoms with van der Waals surface area (Å²) >= 11 is 0. The van der Waals surface area contributed by atoms with Gasteiger partial charge >= 0.3 is 0 Å². The molecule has 1 N–H and O–H groups in total. The standard InChI is InChI=1S/C17H14N4/c1-12(14-8-6-13(10-18)7-9-14)20-17-11-19-21-16-5-3-2-4-15(16)17/h2-9,11-12H,1H3,(H,20,21). The topological polar surface area (TPSA) is 61.6 Å². The van der Waals surface area contributed by atoms with E-state index in [0.717, 1.165) is 22.2 Å². The highest BCUT2D eigenvalue weighted by atomic mass is 15.1. The van der Waals surface area contributed by atoms with Gasteiger partial charge in [-0.2, -0.15) is 15.5 Å². The maximum atomic E-state index is 8.84. The van der Waals surface area contributed by atoms with Crippen molar-refractivity contribution in [2.24, 2.45) is 0 Å². The Kier molecular flexibility index (Phi) is 3.48. The second kappa shape index (κ2) is 5.59. The maximum Gasteiger partial charge on any atom is 0.0991 e. The Morgan fingerprint density at radius 3 is 2.62 bits per heavy atom. The first-order valence-corrected chi connectivity index (χ1v) is 6.75. The number of hydrogen-bond acceptors (Lipinski definition) is 4. The van der Waals surface area contributed by atoms with Gasteiger partial charge in [-0.15, -0.1) is 0 Å². The summed E-state index contributed by atoms with van der Waals surface area (Å²) in [6.45, 7) is 2.08. The summed E-state index contributed by atoms with van der Waals surface area (Å²) < 4.78 is 0. The molecule has 1 atom stereocenters. The van der Waals surface area contributed by atoms with Crippen molar-refractivity contribution in [2.75, 3.05) is 5.32 Å². The van der Waals surface area contributed by atoms with E-state index in [-0.39, 0.29) is 6.04 Å². The summed E-state index contributed by atoms with van der Waals surface area (Å²) in [6.07, 6.45) is 1.74. The molecule has 0 saturated heterocycles. The molecule has 0 aliphatic rings. The number of aromatic nitrogens is 2. The molecule has 0 fully saturated rings. The molecule has 0 aliphatic heterocycles. The van der Waals surface area contributed by atoms with Crippen molar-refractivity contribution in [3.63, 3.8) is 0 Å². The van der Waals surface area contributed by atoms with Gasteiger partial charge in [0.2, 0.25) is 0 Å². The zero-order chi connectivity index (χ0) is 14.7. The van der Waals surface area contributed by atoms with Crippen LogP contribution in [0.5, 0.6) is 0 Å². The lowest BCUT2D eigenvalue weighted by molar-refractivity contribution is 0.882. The molecule has 0 amide bonds. The molecular formula is C17H14N4. The average Bonchev–Trinajstić information content (AvgIpc) is 2.55. The van der Waals surface area contributed by atoms with Crippen LogP contribution in [-0.2, 0) is 0 Å². The van der Waals surface area contributed by atoms with Crippen LogP contribution in [0.4, 0.5) is 5.69 Å². The van der Waals surface area contributed by atoms with Gasteiger partial charge in [0, 0.05) is 11.4 Å². The molecule has 1 heterocycles. The van der Waals surface area contributed by atoms with Crippen molar-refractivity contribution >= 4 is 16.6 Å². The molecule has 3 aromatic rings. The lowest BCUT2D eigenvalue weighted by atomic mass is 10.1. The van der Waals surface area contributed by atoms with Crippen LogP contribution in [-0.4, -0.2) is 10.2 Å². The third-order valence-electron chi connectivity index (χ3n) is 3.46. The smallest absolute Gasteiger partial charge is 0.0991 e. The first-order valence-electron chi connectivity index (χ1n) is 6.75. The van der Waals surface area contributed by atoms with Gasteiger partial charge < -0.3 is 5.32 Å². The quantitative estimate of drug-likeness (QED) is 0.791. The zero-order valence-electron chi connectivity index (χ0n) is 11.6. The zero-order valence-corrected chi connectivity index (χ0v) is 11.6. The highest BCUT2D eigenvalue weighted by molar-refractivity contribution is 5.90. The molecule has 21 heavy (non-hydrogen) atoms. The fourth-order valence-electron chi connectivity index (χ4n) is 2.28. The fourth-order valence-corrected chi connectivity index (χ4v) is 2.28. The highest BCUT2D eigenvalue weighted by Crippen LogP contribution is 2.25. The molecule has 4 heteroatoms. The number of fused-ring (bicyclic) bond motifs is 1. The number of anilines is 1. The lowest BCUT2D eigenvalue weighted by Gasteiger charge is -2.16. The molecule has 1 unspecified atom stereocenters. The minimum absolute atomic E-state index is 0.116. The molecule has 2 aromatic carbocycles. The van der Waals surface area contributed by atoms with Crippen molar-refractivity contribution < 1.29 is 0 Å². The van der Waals surface area contributed by atoms with Crippen LogP contribution >= 0.6 is 0 Å². The number of hydrogen-bond donors (Lipinski definition) is 1. The monoisotopic (exact) mass is 274 g/mol. The Labute approximate surface area is 123 Å². The van der Waals surface area contributed by atoms with Gasteiger partial charge in [-0.1, -0.05) is 30.3 Å². The second-order valence-electron chi connectivity index (χ2n) is 4.88. The largest absolute Gasteiger partial charge is 0.377 e. The minimum Gasteiger partial charge on any atom is -0.377 e. The Morgan fingerprint density at radius 2 is 1.86 bits per heavy atom. The van der Waals surface area contributed by atoms with Crippen molar-refractivity contribution in [2.45, 2.75) is 13.0 Å². The summed E-state index contributed by atoms with van der Waals surface area (Å²) in [5.41, 5.74) is 3.61. The highest BCUT2D eigenvalue weighted by Gasteiger charge is 2.08. The van der Waals surface area contributed by atoms with Crippen molar-refractivity contribution in [3.8, 4) is 6.07 Å². The van der Waals surface area contributed by atoms with Crippen LogP contribution in [0.2, 0.25) is 0 Å². The van der Waals surface area contributed by atoms with Crippen molar-refractivity contribution in [3.05, 3.63) is 65.9 Å². The average molecular weight is 274 g/mol. The molecule has 4 nitrogen and oxygen atoms in total. The molecule has 0 radical (unpaired) electrons. The van der Waals surface area contributed by atoms with Crippen molar-refractivity contribution in [1.82, 2.24) is 10.2 Å². The van der Waals surface area contributed by atoms with Crippen LogP contribution in [0, 0.1) is 11.3 Å². The van der Waals surface area contributed by atoms with Gasteiger partial charge in [0.1, 0.15) is 0 Å². The Balaban J connectivity index is 1.89. The van der Waals surface area contributed by atoms with E-state index in [1.54, 1.807) is 6.20 Å². The molecule has 1 aromatic heterocycles. The van der Waals surface area contributed by atoms with E-state index in [9.17, 15) is 0 Å². The van der Waals surface area contributed by atoms with Crippen LogP contribution in [0.1, 0.15) is 24.1 Å². The Bertz CT molecular complexity index is 798. The molecule has 0 bridgehead atoms. The number of nitriles is 1. The van der Waals surface area contributed by atoms with Gasteiger partial charge in [-0.05, 0) is 30.7 Å². The van der Waals surface area contributed by atoms with Crippen LogP contribution in [0.15, 0.2) is 54.7 Å². The number of nitrogens with one attached hydrogen (secondary N) is 1. The van der Waals surface area contributed by atoms with E-state index in [0.29, 0.717) is 5.56 Å². The van der Waals surface area contributed by atoms with E-state index < -0.39 is 0 Å². The van der Waals surface area contributed by atoms with E-state index in [2.05, 4.69) is 28.5 Å². The minimum atomic E-state index is 0.116. The van der Waals surface area contributed by atoms with Crippen LogP contribution in [0.3, 0.4) is 0 Å². The van der Waals surface area contributed by atoms with E-state index in [1.807, 2.05) is 48.5 Å². The number of benzene rings is 2. The van der Waals surface area contributed by atoms with Crippen molar-refractivity contribution in [1.29, 1.82) is 5.26 Å². The Morgan fingerprint density at radius 1 is 1.10 bits per heavy atom. The molecule has 3 rings (SSSR count). The predicted octanol–water partition coefficient (Wildman–Crippen LogP) is 3.67. The summed E-state index contributed by atoms with van der Waals surface area (Å²) in [5.74, 6) is 0. The van der Waals surface area contributed by atoms with E-state index in [4.69, 9.17) is 5.26 Å². The first kappa shape index (κ1) is 13.1. The van der Waals surface area contributed by atoms with Crippen LogP contribution < -0.4 is 5.32 Å². The molecule has 102 valence electrons. The maximum absolute atomic E-state index is 8.84. The predicted molar refractivity (Wildman–Crippen MR) is 82.7 cm³/mol. The van der Waals surface area contributed by atoms with Gasteiger partial charge in [-0.3, -0.25) is 0 Å². The van der Waals surface area contributed by atoms with Crippen LogP contribution in [0.25, 0.3) is 10.9 Å². The molecule has 0 spiro atoms. The van der Waals surface area contributed by atoms with Gasteiger partial charge in [0.05, 0.1) is 29.0 Å². The first-order chi connectivity index (χ1) is 10.3. The van der Waals surface area contributed by atoms with E-state index in [1.165, 1.54) is 0 Å². The summed E-state index contributed by atoms with van der Waals surface area (Å²) in [6, 6.07) is 17.7. The fraction of sp³-hybridized carbons (Fsp3) is 0.118. The van der Waals surface area contributed by atoms with Gasteiger partial charge in [0.25, 0.3) is 0 Å². The SMILES string of the molecule is CC(Nc1cnnc2ccccc12)c1ccc(C#N)cc1. The number of rotatable bonds is 3. The summed E-state index contributed by atoms with van der Waals surface area (Å²) in [5, 5.41) is 21.5. The third-order valence-corrected chi connectivity index (χ3v) is 3.46. The third kappa shape index (κ3) is 2.67. The van der Waals surface area contributed by atoms with Gasteiger partial charge in [0.15, 0.2) is 0 Å². The lowest BCUT2D eigenvalue weighted by Crippen LogP contribution is -2.07.